The van der Waals surface area contributed by atoms with Crippen molar-refractivity contribution in [1.29, 1.82) is 0 Å². The molecule has 0 bridgehead atoms. The number of imide groups is 1. The largest absolute Gasteiger partial charge is 0.295 e. The first-order valence-electron chi connectivity index (χ1n) is 6.14. The summed E-state index contributed by atoms with van der Waals surface area (Å²) in [6, 6.07) is 6.64. The van der Waals surface area contributed by atoms with Crippen LogP contribution >= 0.6 is 11.8 Å². The second kappa shape index (κ2) is 5.57. The Bertz CT molecular complexity index is 541. The molecule has 19 heavy (non-hydrogen) atoms. The molecule has 0 radical (unpaired) electrons. The molecule has 0 aliphatic carbocycles. The summed E-state index contributed by atoms with van der Waals surface area (Å²) in [6.45, 7) is 3.42. The Kier molecular flexibility index (Phi) is 4.04. The summed E-state index contributed by atoms with van der Waals surface area (Å²) in [5.74, 6) is 0.333. The molecule has 100 valence electrons. The number of thioether (sulfide) groups is 1. The van der Waals surface area contributed by atoms with Crippen molar-refractivity contribution in [2.24, 2.45) is 0 Å². The molecule has 0 spiro atoms. The van der Waals surface area contributed by atoms with Gasteiger partial charge in [0, 0.05) is 12.0 Å². The van der Waals surface area contributed by atoms with Crippen molar-refractivity contribution in [3.05, 3.63) is 29.8 Å². The fourth-order valence-corrected chi connectivity index (χ4v) is 2.98. The van der Waals surface area contributed by atoms with Gasteiger partial charge in [0.2, 0.25) is 11.8 Å². The highest BCUT2D eigenvalue weighted by molar-refractivity contribution is 8.00. The van der Waals surface area contributed by atoms with Gasteiger partial charge < -0.3 is 0 Å². The van der Waals surface area contributed by atoms with Gasteiger partial charge in [0.05, 0.1) is 10.9 Å². The number of amides is 2. The van der Waals surface area contributed by atoms with Gasteiger partial charge in [-0.2, -0.15) is 0 Å². The molecule has 1 saturated heterocycles. The predicted molar refractivity (Wildman–Crippen MR) is 75.5 cm³/mol. The van der Waals surface area contributed by atoms with E-state index in [1.54, 1.807) is 24.3 Å². The van der Waals surface area contributed by atoms with Gasteiger partial charge >= 0.3 is 0 Å². The standard InChI is InChI=1S/C14H15NO3S/c1-3-19-12-8-13(17)15(14(12)18)11-6-4-5-10(7-11)9(2)16/h4-7,12H,3,8H2,1-2H3. The Morgan fingerprint density at radius 3 is 2.79 bits per heavy atom. The first-order valence-corrected chi connectivity index (χ1v) is 7.19. The number of carbonyl (C=O) groups is 3. The summed E-state index contributed by atoms with van der Waals surface area (Å²) in [6.07, 6.45) is 0.238. The van der Waals surface area contributed by atoms with E-state index in [0.29, 0.717) is 11.3 Å². The Morgan fingerprint density at radius 2 is 2.16 bits per heavy atom. The van der Waals surface area contributed by atoms with Crippen molar-refractivity contribution < 1.29 is 14.4 Å². The number of anilines is 1. The minimum Gasteiger partial charge on any atom is -0.295 e. The van der Waals surface area contributed by atoms with Crippen molar-refractivity contribution in [2.45, 2.75) is 25.5 Å². The topological polar surface area (TPSA) is 54.5 Å². The van der Waals surface area contributed by atoms with E-state index in [2.05, 4.69) is 0 Å². The van der Waals surface area contributed by atoms with Crippen LogP contribution < -0.4 is 4.90 Å². The molecule has 2 amide bonds. The lowest BCUT2D eigenvalue weighted by molar-refractivity contribution is -0.121. The zero-order valence-corrected chi connectivity index (χ0v) is 11.7. The summed E-state index contributed by atoms with van der Waals surface area (Å²) >= 11 is 1.48. The number of benzene rings is 1. The number of Topliss-reactive ketones (excluding diaryl/α,β-unsaturated/α-hetero) is 1. The van der Waals surface area contributed by atoms with Crippen LogP contribution in [0.5, 0.6) is 0 Å². The zero-order chi connectivity index (χ0) is 14.0. The Balaban J connectivity index is 2.31. The van der Waals surface area contributed by atoms with E-state index in [4.69, 9.17) is 0 Å². The second-order valence-electron chi connectivity index (χ2n) is 4.32. The molecule has 0 N–H and O–H groups in total. The van der Waals surface area contributed by atoms with Gasteiger partial charge in [-0.25, -0.2) is 4.90 Å². The van der Waals surface area contributed by atoms with E-state index in [-0.39, 0.29) is 29.3 Å². The molecule has 1 aliphatic heterocycles. The van der Waals surface area contributed by atoms with E-state index in [1.165, 1.54) is 23.6 Å². The van der Waals surface area contributed by atoms with Crippen molar-refractivity contribution in [3.63, 3.8) is 0 Å². The van der Waals surface area contributed by atoms with E-state index >= 15 is 0 Å². The van der Waals surface area contributed by atoms with Crippen molar-refractivity contribution >= 4 is 35.0 Å². The van der Waals surface area contributed by atoms with Crippen molar-refractivity contribution in [2.75, 3.05) is 10.7 Å². The van der Waals surface area contributed by atoms with Crippen LogP contribution in [0.25, 0.3) is 0 Å². The van der Waals surface area contributed by atoms with Crippen LogP contribution in [-0.2, 0) is 9.59 Å². The van der Waals surface area contributed by atoms with Gasteiger partial charge in [-0.15, -0.1) is 11.8 Å². The third kappa shape index (κ3) is 2.71. The lowest BCUT2D eigenvalue weighted by Gasteiger charge is -2.15. The smallest absolute Gasteiger partial charge is 0.247 e. The minimum absolute atomic E-state index is 0.0829. The molecule has 1 aromatic rings. The van der Waals surface area contributed by atoms with Crippen LogP contribution in [0.1, 0.15) is 30.6 Å². The van der Waals surface area contributed by atoms with Crippen LogP contribution in [0, 0.1) is 0 Å². The molecule has 1 unspecified atom stereocenters. The maximum atomic E-state index is 12.2. The number of rotatable bonds is 4. The van der Waals surface area contributed by atoms with Crippen molar-refractivity contribution in [1.82, 2.24) is 0 Å². The summed E-state index contributed by atoms with van der Waals surface area (Å²) in [5, 5.41) is -0.293. The first kappa shape index (κ1) is 13.8. The maximum absolute atomic E-state index is 12.2. The monoisotopic (exact) mass is 277 g/mol. The normalized spacial score (nSPS) is 19.1. The molecule has 2 rings (SSSR count). The third-order valence-corrected chi connectivity index (χ3v) is 4.09. The maximum Gasteiger partial charge on any atom is 0.247 e. The molecule has 0 aromatic heterocycles. The fraction of sp³-hybridized carbons (Fsp3) is 0.357. The van der Waals surface area contributed by atoms with Crippen LogP contribution in [-0.4, -0.2) is 28.6 Å². The van der Waals surface area contributed by atoms with Gasteiger partial charge in [-0.3, -0.25) is 14.4 Å². The highest BCUT2D eigenvalue weighted by Crippen LogP contribution is 2.29. The van der Waals surface area contributed by atoms with Gasteiger partial charge in [-0.05, 0) is 24.8 Å². The van der Waals surface area contributed by atoms with Crippen molar-refractivity contribution in [3.8, 4) is 0 Å². The van der Waals surface area contributed by atoms with E-state index < -0.39 is 0 Å². The van der Waals surface area contributed by atoms with Gasteiger partial charge in [0.15, 0.2) is 5.78 Å². The predicted octanol–water partition coefficient (Wildman–Crippen LogP) is 2.27. The van der Waals surface area contributed by atoms with E-state index in [0.717, 1.165) is 5.75 Å². The van der Waals surface area contributed by atoms with E-state index in [1.807, 2.05) is 6.92 Å². The van der Waals surface area contributed by atoms with Crippen LogP contribution in [0.3, 0.4) is 0 Å². The lowest BCUT2D eigenvalue weighted by Crippen LogP contribution is -2.31. The molecule has 0 saturated carbocycles. The Morgan fingerprint density at radius 1 is 1.42 bits per heavy atom. The summed E-state index contributed by atoms with van der Waals surface area (Å²) in [5.41, 5.74) is 0.992. The molecular formula is C14H15NO3S. The fourth-order valence-electron chi connectivity index (χ4n) is 2.07. The Hall–Kier alpha value is -1.62. The summed E-state index contributed by atoms with van der Waals surface area (Å²) < 4.78 is 0. The molecule has 4 nitrogen and oxygen atoms in total. The molecule has 5 heteroatoms. The molecule has 1 atom stereocenters. The number of carbonyl (C=O) groups excluding carboxylic acids is 3. The van der Waals surface area contributed by atoms with Gasteiger partial charge in [0.1, 0.15) is 0 Å². The molecule has 1 aromatic carbocycles. The number of nitrogens with zero attached hydrogens (tertiary/aromatic N) is 1. The zero-order valence-electron chi connectivity index (χ0n) is 10.9. The van der Waals surface area contributed by atoms with Crippen LogP contribution in [0.4, 0.5) is 5.69 Å². The average Bonchev–Trinajstić information content (AvgIpc) is 2.65. The SMILES string of the molecule is CCSC1CC(=O)N(c2cccc(C(C)=O)c2)C1=O. The summed E-state index contributed by atoms with van der Waals surface area (Å²) in [4.78, 5) is 36.7. The molecular weight excluding hydrogens is 262 g/mol. The third-order valence-electron chi connectivity index (χ3n) is 2.98. The highest BCUT2D eigenvalue weighted by Gasteiger charge is 2.39. The van der Waals surface area contributed by atoms with Gasteiger partial charge in [0.25, 0.3) is 0 Å². The quantitative estimate of drug-likeness (QED) is 0.626. The second-order valence-corrected chi connectivity index (χ2v) is 5.80. The van der Waals surface area contributed by atoms with E-state index in [9.17, 15) is 14.4 Å². The Labute approximate surface area is 116 Å². The van der Waals surface area contributed by atoms with Gasteiger partial charge in [-0.1, -0.05) is 19.1 Å². The lowest BCUT2D eigenvalue weighted by atomic mass is 10.1. The number of ketones is 1. The molecule has 1 heterocycles. The minimum atomic E-state index is -0.293. The number of hydrogen-bond donors (Lipinski definition) is 0. The highest BCUT2D eigenvalue weighted by atomic mass is 32.2. The summed E-state index contributed by atoms with van der Waals surface area (Å²) in [7, 11) is 0. The molecule has 1 aliphatic rings. The average molecular weight is 277 g/mol. The van der Waals surface area contributed by atoms with Crippen LogP contribution in [0.15, 0.2) is 24.3 Å². The first-order chi connectivity index (χ1) is 9.04. The molecule has 1 fully saturated rings. The van der Waals surface area contributed by atoms with Crippen LogP contribution in [0.2, 0.25) is 0 Å². The number of hydrogen-bond acceptors (Lipinski definition) is 4.